The highest BCUT2D eigenvalue weighted by Crippen LogP contribution is 2.31. The molecule has 1 aliphatic heterocycles. The van der Waals surface area contributed by atoms with Crippen LogP contribution in [-0.2, 0) is 6.54 Å². The number of fused-ring (bicyclic) bond motifs is 2. The van der Waals surface area contributed by atoms with E-state index in [2.05, 4.69) is 28.7 Å². The zero-order valence-corrected chi connectivity index (χ0v) is 15.8. The fourth-order valence-electron chi connectivity index (χ4n) is 3.65. The van der Waals surface area contributed by atoms with Gasteiger partial charge < -0.3 is 14.5 Å². The highest BCUT2D eigenvalue weighted by Gasteiger charge is 2.23. The van der Waals surface area contributed by atoms with Gasteiger partial charge in [-0.2, -0.15) is 0 Å². The lowest BCUT2D eigenvalue weighted by Gasteiger charge is -2.18. The summed E-state index contributed by atoms with van der Waals surface area (Å²) in [6.45, 7) is 7.78. The van der Waals surface area contributed by atoms with E-state index in [1.165, 1.54) is 0 Å². The Kier molecular flexibility index (Phi) is 4.77. The Morgan fingerprint density at radius 3 is 2.52 bits per heavy atom. The van der Waals surface area contributed by atoms with Crippen LogP contribution in [-0.4, -0.2) is 39.1 Å². The van der Waals surface area contributed by atoms with E-state index < -0.39 is 0 Å². The number of para-hydroxylation sites is 2. The second-order valence-electron chi connectivity index (χ2n) is 6.67. The molecule has 27 heavy (non-hydrogen) atoms. The Morgan fingerprint density at radius 2 is 1.74 bits per heavy atom. The molecule has 0 radical (unpaired) electrons. The van der Waals surface area contributed by atoms with Crippen molar-refractivity contribution in [2.45, 2.75) is 20.4 Å². The SMILES string of the molecule is CCN(CC)CCn1c2cccccc-2c(-c2nc3ccccc3[nH]2)c1=O. The third-order valence-electron chi connectivity index (χ3n) is 5.19. The Bertz CT molecular complexity index is 1060. The van der Waals surface area contributed by atoms with E-state index in [1.54, 1.807) is 0 Å². The maximum atomic E-state index is 13.3. The van der Waals surface area contributed by atoms with Gasteiger partial charge in [-0.3, -0.25) is 4.79 Å². The van der Waals surface area contributed by atoms with Crippen LogP contribution >= 0.6 is 0 Å². The average Bonchev–Trinajstić information content (AvgIpc) is 3.11. The number of aromatic nitrogens is 3. The van der Waals surface area contributed by atoms with E-state index in [4.69, 9.17) is 0 Å². The first kappa shape index (κ1) is 17.5. The summed E-state index contributed by atoms with van der Waals surface area (Å²) in [5.41, 5.74) is 4.36. The predicted molar refractivity (Wildman–Crippen MR) is 110 cm³/mol. The molecule has 0 atom stereocenters. The Morgan fingerprint density at radius 1 is 1.00 bits per heavy atom. The number of hydrogen-bond acceptors (Lipinski definition) is 3. The number of rotatable bonds is 6. The standard InChI is InChI=1S/C22H24N4O/c1-3-25(4-2)14-15-26-19-13-7-5-6-10-16(19)20(22(26)27)21-23-17-11-8-9-12-18(17)24-21/h5-13H,3-4,14-15H2,1-2H3,(H,23,24). The van der Waals surface area contributed by atoms with Crippen molar-refractivity contribution in [2.24, 2.45) is 0 Å². The molecule has 1 N–H and O–H groups in total. The van der Waals surface area contributed by atoms with Crippen LogP contribution in [0.4, 0.5) is 0 Å². The van der Waals surface area contributed by atoms with Gasteiger partial charge in [-0.05, 0) is 31.3 Å². The van der Waals surface area contributed by atoms with Crippen LogP contribution in [0.15, 0.2) is 59.4 Å². The summed E-state index contributed by atoms with van der Waals surface area (Å²) < 4.78 is 1.89. The van der Waals surface area contributed by atoms with Gasteiger partial charge in [0.1, 0.15) is 5.82 Å². The number of nitrogens with one attached hydrogen (secondary N) is 1. The maximum Gasteiger partial charge on any atom is 0.262 e. The van der Waals surface area contributed by atoms with Crippen LogP contribution in [0, 0.1) is 0 Å². The first-order valence-electron chi connectivity index (χ1n) is 9.52. The number of hydrogen-bond donors (Lipinski definition) is 1. The van der Waals surface area contributed by atoms with Crippen LogP contribution in [0.2, 0.25) is 0 Å². The molecule has 1 aromatic carbocycles. The molecule has 2 aliphatic rings. The molecule has 5 nitrogen and oxygen atoms in total. The molecule has 0 fully saturated rings. The third kappa shape index (κ3) is 3.15. The summed E-state index contributed by atoms with van der Waals surface area (Å²) in [6.07, 6.45) is 0. The fourth-order valence-corrected chi connectivity index (χ4v) is 3.65. The molecule has 4 rings (SSSR count). The molecule has 2 aromatic rings. The van der Waals surface area contributed by atoms with Crippen molar-refractivity contribution in [3.63, 3.8) is 0 Å². The summed E-state index contributed by atoms with van der Waals surface area (Å²) >= 11 is 0. The lowest BCUT2D eigenvalue weighted by molar-refractivity contribution is 0.290. The number of imidazole rings is 1. The lowest BCUT2D eigenvalue weighted by atomic mass is 10.1. The fraction of sp³-hybridized carbons (Fsp3) is 0.273. The molecule has 0 amide bonds. The molecule has 0 saturated carbocycles. The topological polar surface area (TPSA) is 53.9 Å². The van der Waals surface area contributed by atoms with Crippen molar-refractivity contribution in [2.75, 3.05) is 19.6 Å². The highest BCUT2D eigenvalue weighted by molar-refractivity contribution is 5.85. The highest BCUT2D eigenvalue weighted by atomic mass is 16.1. The van der Waals surface area contributed by atoms with E-state index in [0.29, 0.717) is 17.9 Å². The zero-order chi connectivity index (χ0) is 18.8. The van der Waals surface area contributed by atoms with E-state index in [1.807, 2.05) is 59.2 Å². The summed E-state index contributed by atoms with van der Waals surface area (Å²) in [4.78, 5) is 23.7. The van der Waals surface area contributed by atoms with Gasteiger partial charge in [0.15, 0.2) is 0 Å². The van der Waals surface area contributed by atoms with Crippen LogP contribution in [0.1, 0.15) is 13.8 Å². The number of likely N-dealkylation sites (N-methyl/N-ethyl adjacent to an activating group) is 1. The number of H-pyrrole nitrogens is 1. The molecule has 1 aliphatic carbocycles. The first-order valence-corrected chi connectivity index (χ1v) is 9.52. The number of aromatic amines is 1. The van der Waals surface area contributed by atoms with Gasteiger partial charge in [0.05, 0.1) is 22.3 Å². The van der Waals surface area contributed by atoms with Crippen molar-refractivity contribution < 1.29 is 0 Å². The third-order valence-corrected chi connectivity index (χ3v) is 5.19. The molecule has 0 bridgehead atoms. The summed E-state index contributed by atoms with van der Waals surface area (Å²) in [5, 5.41) is 0. The molecule has 0 saturated heterocycles. The smallest absolute Gasteiger partial charge is 0.262 e. The van der Waals surface area contributed by atoms with Crippen molar-refractivity contribution in [3.05, 3.63) is 65.0 Å². The first-order chi connectivity index (χ1) is 13.2. The normalized spacial score (nSPS) is 11.7. The minimum Gasteiger partial charge on any atom is -0.338 e. The van der Waals surface area contributed by atoms with E-state index in [-0.39, 0.29) is 5.56 Å². The Hall–Kier alpha value is -2.92. The summed E-state index contributed by atoms with van der Waals surface area (Å²) in [5.74, 6) is 0.638. The minimum atomic E-state index is 0.0161. The second kappa shape index (κ2) is 7.37. The average molecular weight is 360 g/mol. The molecule has 5 heteroatoms. The summed E-state index contributed by atoms with van der Waals surface area (Å²) in [6, 6.07) is 17.8. The molecule has 1 aromatic heterocycles. The van der Waals surface area contributed by atoms with Gasteiger partial charge in [-0.25, -0.2) is 4.98 Å². The predicted octanol–water partition coefficient (Wildman–Crippen LogP) is 3.84. The molecule has 138 valence electrons. The van der Waals surface area contributed by atoms with Gasteiger partial charge in [-0.1, -0.05) is 50.2 Å². The van der Waals surface area contributed by atoms with Crippen molar-refractivity contribution >= 4 is 11.0 Å². The minimum absolute atomic E-state index is 0.0161. The van der Waals surface area contributed by atoms with Gasteiger partial charge in [-0.15, -0.1) is 0 Å². The van der Waals surface area contributed by atoms with Gasteiger partial charge in [0, 0.05) is 18.7 Å². The molecule has 2 heterocycles. The molecule has 0 unspecified atom stereocenters. The van der Waals surface area contributed by atoms with Gasteiger partial charge >= 0.3 is 0 Å². The molecular weight excluding hydrogens is 336 g/mol. The maximum absolute atomic E-state index is 13.3. The number of nitrogens with zero attached hydrogens (tertiary/aromatic N) is 3. The Labute approximate surface area is 158 Å². The van der Waals surface area contributed by atoms with E-state index in [0.717, 1.165) is 41.9 Å². The van der Waals surface area contributed by atoms with E-state index >= 15 is 0 Å². The van der Waals surface area contributed by atoms with Crippen molar-refractivity contribution in [3.8, 4) is 22.6 Å². The lowest BCUT2D eigenvalue weighted by Crippen LogP contribution is -2.30. The van der Waals surface area contributed by atoms with Crippen LogP contribution in [0.5, 0.6) is 0 Å². The van der Waals surface area contributed by atoms with Crippen LogP contribution in [0.3, 0.4) is 0 Å². The molecule has 0 spiro atoms. The monoisotopic (exact) mass is 360 g/mol. The quantitative estimate of drug-likeness (QED) is 0.568. The Balaban J connectivity index is 1.86. The number of benzene rings is 1. The van der Waals surface area contributed by atoms with Gasteiger partial charge in [0.2, 0.25) is 0 Å². The van der Waals surface area contributed by atoms with Gasteiger partial charge in [0.25, 0.3) is 5.56 Å². The van der Waals surface area contributed by atoms with Crippen molar-refractivity contribution in [1.29, 1.82) is 0 Å². The van der Waals surface area contributed by atoms with Crippen molar-refractivity contribution in [1.82, 2.24) is 19.4 Å². The molecular formula is C22H24N4O. The van der Waals surface area contributed by atoms with E-state index in [9.17, 15) is 4.79 Å². The van der Waals surface area contributed by atoms with Crippen LogP contribution in [0.25, 0.3) is 33.7 Å². The summed E-state index contributed by atoms with van der Waals surface area (Å²) in [7, 11) is 0. The second-order valence-corrected chi connectivity index (χ2v) is 6.67. The van der Waals surface area contributed by atoms with Crippen LogP contribution < -0.4 is 5.56 Å². The largest absolute Gasteiger partial charge is 0.338 e. The zero-order valence-electron chi connectivity index (χ0n) is 15.8.